The van der Waals surface area contributed by atoms with Crippen LogP contribution in [-0.4, -0.2) is 10.2 Å². The summed E-state index contributed by atoms with van der Waals surface area (Å²) in [6, 6.07) is 8.46. The summed E-state index contributed by atoms with van der Waals surface area (Å²) in [6.45, 7) is 4.39. The third-order valence-corrected chi connectivity index (χ3v) is 3.73. The molecule has 2 nitrogen and oxygen atoms in total. The Morgan fingerprint density at radius 3 is 2.44 bits per heavy atom. The van der Waals surface area contributed by atoms with Crippen molar-refractivity contribution in [3.8, 4) is 11.3 Å². The molecule has 0 aliphatic rings. The fourth-order valence-corrected chi connectivity index (χ4v) is 2.81. The first-order chi connectivity index (χ1) is 7.65. The van der Waals surface area contributed by atoms with Crippen LogP contribution >= 0.6 is 23.1 Å². The van der Waals surface area contributed by atoms with Crippen LogP contribution in [-0.2, 0) is 0 Å². The molecular weight excluding hydrogens is 236 g/mol. The van der Waals surface area contributed by atoms with Crippen molar-refractivity contribution in [2.45, 2.75) is 24.0 Å². The number of thioether (sulfide) groups is 1. The summed E-state index contributed by atoms with van der Waals surface area (Å²) in [5.41, 5.74) is 7.70. The molecule has 0 bridgehead atoms. The molecule has 2 aromatic rings. The van der Waals surface area contributed by atoms with Gasteiger partial charge in [-0.15, -0.1) is 23.1 Å². The molecule has 0 radical (unpaired) electrons. The average molecular weight is 250 g/mol. The molecule has 16 heavy (non-hydrogen) atoms. The number of hydrogen-bond donors (Lipinski definition) is 1. The molecule has 0 fully saturated rings. The summed E-state index contributed by atoms with van der Waals surface area (Å²) in [6.07, 6.45) is 0. The molecule has 84 valence electrons. The largest absolute Gasteiger partial charge is 0.375 e. The van der Waals surface area contributed by atoms with Gasteiger partial charge in [0.25, 0.3) is 0 Å². The third kappa shape index (κ3) is 2.77. The molecule has 0 aliphatic carbocycles. The highest BCUT2D eigenvalue weighted by atomic mass is 32.2. The number of anilines is 1. The maximum Gasteiger partial charge on any atom is 0.180 e. The Bertz CT molecular complexity index is 460. The number of thiazole rings is 1. The fourth-order valence-electron chi connectivity index (χ4n) is 1.40. The van der Waals surface area contributed by atoms with Gasteiger partial charge in [0.15, 0.2) is 5.13 Å². The Kier molecular flexibility index (Phi) is 3.51. The summed E-state index contributed by atoms with van der Waals surface area (Å²) in [5.74, 6) is 0. The molecule has 0 spiro atoms. The summed E-state index contributed by atoms with van der Waals surface area (Å²) in [7, 11) is 0. The van der Waals surface area contributed by atoms with Gasteiger partial charge >= 0.3 is 0 Å². The smallest absolute Gasteiger partial charge is 0.180 e. The number of rotatable bonds is 3. The van der Waals surface area contributed by atoms with Gasteiger partial charge in [-0.1, -0.05) is 26.0 Å². The van der Waals surface area contributed by atoms with Crippen LogP contribution in [0, 0.1) is 0 Å². The lowest BCUT2D eigenvalue weighted by molar-refractivity contribution is 1.11. The van der Waals surface area contributed by atoms with E-state index < -0.39 is 0 Å². The van der Waals surface area contributed by atoms with Crippen molar-refractivity contribution in [1.29, 1.82) is 0 Å². The highest BCUT2D eigenvalue weighted by Gasteiger charge is 2.03. The van der Waals surface area contributed by atoms with Crippen LogP contribution in [0.3, 0.4) is 0 Å². The summed E-state index contributed by atoms with van der Waals surface area (Å²) < 4.78 is 0. The normalized spacial score (nSPS) is 10.9. The van der Waals surface area contributed by atoms with E-state index in [1.807, 2.05) is 17.1 Å². The zero-order valence-corrected chi connectivity index (χ0v) is 10.9. The number of aromatic nitrogens is 1. The van der Waals surface area contributed by atoms with Crippen LogP contribution in [0.5, 0.6) is 0 Å². The molecule has 0 unspecified atom stereocenters. The number of benzene rings is 1. The highest BCUT2D eigenvalue weighted by molar-refractivity contribution is 7.99. The maximum absolute atomic E-state index is 5.62. The minimum atomic E-state index is 0.612. The molecule has 0 atom stereocenters. The van der Waals surface area contributed by atoms with Crippen molar-refractivity contribution in [1.82, 2.24) is 4.98 Å². The SMILES string of the molecule is CC(C)Sc1ccc(-c2csc(N)n2)cc1. The van der Waals surface area contributed by atoms with E-state index in [1.165, 1.54) is 16.2 Å². The molecule has 0 saturated carbocycles. The monoisotopic (exact) mass is 250 g/mol. The van der Waals surface area contributed by atoms with Crippen molar-refractivity contribution < 1.29 is 0 Å². The Morgan fingerprint density at radius 2 is 1.94 bits per heavy atom. The van der Waals surface area contributed by atoms with Gasteiger partial charge in [0.05, 0.1) is 5.69 Å². The van der Waals surface area contributed by atoms with Crippen molar-refractivity contribution in [3.05, 3.63) is 29.6 Å². The number of nitrogens with two attached hydrogens (primary N) is 1. The molecule has 0 saturated heterocycles. The van der Waals surface area contributed by atoms with E-state index in [-0.39, 0.29) is 0 Å². The Morgan fingerprint density at radius 1 is 1.25 bits per heavy atom. The lowest BCUT2D eigenvalue weighted by Crippen LogP contribution is -1.86. The van der Waals surface area contributed by atoms with Crippen molar-refractivity contribution in [3.63, 3.8) is 0 Å². The van der Waals surface area contributed by atoms with Gasteiger partial charge in [-0.3, -0.25) is 0 Å². The molecule has 2 N–H and O–H groups in total. The first kappa shape index (κ1) is 11.5. The summed E-state index contributed by atoms with van der Waals surface area (Å²) in [5, 5.41) is 3.22. The van der Waals surface area contributed by atoms with E-state index in [2.05, 4.69) is 43.1 Å². The van der Waals surface area contributed by atoms with Gasteiger partial charge in [-0.25, -0.2) is 4.98 Å². The lowest BCUT2D eigenvalue weighted by atomic mass is 10.2. The van der Waals surface area contributed by atoms with E-state index >= 15 is 0 Å². The molecule has 2 rings (SSSR count). The lowest BCUT2D eigenvalue weighted by Gasteiger charge is -2.04. The van der Waals surface area contributed by atoms with E-state index in [4.69, 9.17) is 5.73 Å². The molecule has 0 amide bonds. The van der Waals surface area contributed by atoms with Gasteiger partial charge in [0, 0.05) is 21.1 Å². The molecule has 1 heterocycles. The van der Waals surface area contributed by atoms with Crippen molar-refractivity contribution >= 4 is 28.2 Å². The predicted molar refractivity (Wildman–Crippen MR) is 73.0 cm³/mol. The maximum atomic E-state index is 5.62. The van der Waals surface area contributed by atoms with Crippen LogP contribution in [0.4, 0.5) is 5.13 Å². The second-order valence-corrected chi connectivity index (χ2v) is 6.30. The number of nitrogen functional groups attached to an aromatic ring is 1. The van der Waals surface area contributed by atoms with Gasteiger partial charge < -0.3 is 5.73 Å². The standard InChI is InChI=1S/C12H14N2S2/c1-8(2)16-10-5-3-9(4-6-10)11-7-15-12(13)14-11/h3-8H,1-2H3,(H2,13,14). The van der Waals surface area contributed by atoms with Gasteiger partial charge in [-0.05, 0) is 12.1 Å². The zero-order valence-electron chi connectivity index (χ0n) is 9.31. The summed E-state index contributed by atoms with van der Waals surface area (Å²) >= 11 is 3.34. The Balaban J connectivity index is 2.19. The molecule has 1 aromatic carbocycles. The molecule has 1 aromatic heterocycles. The Hall–Kier alpha value is -1.00. The average Bonchev–Trinajstić information content (AvgIpc) is 2.65. The molecular formula is C12H14N2S2. The Labute approximate surface area is 104 Å². The van der Waals surface area contributed by atoms with Crippen LogP contribution in [0.2, 0.25) is 0 Å². The predicted octanol–water partition coefficient (Wildman–Crippen LogP) is 3.89. The minimum absolute atomic E-state index is 0.612. The molecule has 0 aliphatic heterocycles. The van der Waals surface area contributed by atoms with E-state index in [9.17, 15) is 0 Å². The number of nitrogens with zero attached hydrogens (tertiary/aromatic N) is 1. The molecule has 4 heteroatoms. The van der Waals surface area contributed by atoms with E-state index in [1.54, 1.807) is 0 Å². The van der Waals surface area contributed by atoms with Gasteiger partial charge in [0.1, 0.15) is 0 Å². The summed E-state index contributed by atoms with van der Waals surface area (Å²) in [4.78, 5) is 5.55. The fraction of sp³-hybridized carbons (Fsp3) is 0.250. The number of hydrogen-bond acceptors (Lipinski definition) is 4. The van der Waals surface area contributed by atoms with Crippen molar-refractivity contribution in [2.75, 3.05) is 5.73 Å². The third-order valence-electron chi connectivity index (χ3n) is 2.04. The van der Waals surface area contributed by atoms with Crippen molar-refractivity contribution in [2.24, 2.45) is 0 Å². The van der Waals surface area contributed by atoms with Gasteiger partial charge in [-0.2, -0.15) is 0 Å². The topological polar surface area (TPSA) is 38.9 Å². The first-order valence-electron chi connectivity index (χ1n) is 5.13. The minimum Gasteiger partial charge on any atom is -0.375 e. The van der Waals surface area contributed by atoms with Crippen LogP contribution in [0.25, 0.3) is 11.3 Å². The van der Waals surface area contributed by atoms with Crippen LogP contribution < -0.4 is 5.73 Å². The van der Waals surface area contributed by atoms with Crippen LogP contribution in [0.1, 0.15) is 13.8 Å². The van der Waals surface area contributed by atoms with E-state index in [0.717, 1.165) is 11.3 Å². The van der Waals surface area contributed by atoms with Gasteiger partial charge in [0.2, 0.25) is 0 Å². The second kappa shape index (κ2) is 4.89. The second-order valence-electron chi connectivity index (χ2n) is 3.76. The van der Waals surface area contributed by atoms with E-state index in [0.29, 0.717) is 10.4 Å². The van der Waals surface area contributed by atoms with Crippen LogP contribution in [0.15, 0.2) is 34.5 Å². The zero-order chi connectivity index (χ0) is 11.5. The quantitative estimate of drug-likeness (QED) is 0.840. The first-order valence-corrected chi connectivity index (χ1v) is 6.89. The highest BCUT2D eigenvalue weighted by Crippen LogP contribution is 2.27.